The first kappa shape index (κ1) is 28.1. The molecule has 0 amide bonds. The molecule has 0 N–H and O–H groups in total. The molecule has 2 saturated carbocycles. The monoisotopic (exact) mass is 635 g/mol. The molecule has 0 radical (unpaired) electrons. The number of fused-ring (bicyclic) bond motifs is 7. The summed E-state index contributed by atoms with van der Waals surface area (Å²) >= 11 is 1.92. The fourth-order valence-electron chi connectivity index (χ4n) is 8.50. The zero-order valence-corrected chi connectivity index (χ0v) is 28.1. The lowest BCUT2D eigenvalue weighted by Gasteiger charge is -2.28. The Morgan fingerprint density at radius 1 is 0.604 bits per heavy atom. The largest absolute Gasteiger partial charge is 0.309 e. The number of thiophene rings is 1. The van der Waals surface area contributed by atoms with Crippen LogP contribution in [0.3, 0.4) is 0 Å². The fourth-order valence-corrected chi connectivity index (χ4v) is 9.61. The third-order valence-electron chi connectivity index (χ3n) is 11.2. The van der Waals surface area contributed by atoms with Crippen molar-refractivity contribution in [2.45, 2.75) is 51.4 Å². The second-order valence-electron chi connectivity index (χ2n) is 13.9. The molecule has 0 spiro atoms. The molecule has 2 aliphatic rings. The number of aromatic nitrogens is 1. The zero-order chi connectivity index (χ0) is 31.8. The molecule has 0 atom stereocenters. The highest BCUT2D eigenvalue weighted by Crippen LogP contribution is 2.49. The second kappa shape index (κ2) is 11.1. The number of hydrogen-bond donors (Lipinski definition) is 0. The number of nitrogens with zero attached hydrogens (tertiary/aromatic N) is 1. The summed E-state index contributed by atoms with van der Waals surface area (Å²) in [5, 5.41) is 5.52. The van der Waals surface area contributed by atoms with Crippen molar-refractivity contribution >= 4 is 58.9 Å². The maximum atomic E-state index is 2.54. The van der Waals surface area contributed by atoms with Gasteiger partial charge in [0.05, 0.1) is 11.0 Å². The Kier molecular flexibility index (Phi) is 6.49. The quantitative estimate of drug-likeness (QED) is 0.177. The normalized spacial score (nSPS) is 15.0. The zero-order valence-electron chi connectivity index (χ0n) is 27.3. The van der Waals surface area contributed by atoms with E-state index in [1.54, 1.807) is 5.57 Å². The summed E-state index contributed by atoms with van der Waals surface area (Å²) in [5.74, 6) is 0.655. The summed E-state index contributed by atoms with van der Waals surface area (Å²) in [6, 6.07) is 48.1. The molecule has 2 heterocycles. The van der Waals surface area contributed by atoms with Crippen LogP contribution in [0.1, 0.15) is 66.7 Å². The Bertz CT molecular complexity index is 2550. The van der Waals surface area contributed by atoms with E-state index in [2.05, 4.69) is 139 Å². The molecule has 6 aromatic carbocycles. The second-order valence-corrected chi connectivity index (χ2v) is 15.0. The summed E-state index contributed by atoms with van der Waals surface area (Å²) in [6.07, 6.45) is 7.62. The van der Waals surface area contributed by atoms with Gasteiger partial charge in [-0.3, -0.25) is 0 Å². The minimum Gasteiger partial charge on any atom is -0.309 e. The summed E-state index contributed by atoms with van der Waals surface area (Å²) in [6.45, 7) is 2.31. The van der Waals surface area contributed by atoms with Crippen molar-refractivity contribution in [1.82, 2.24) is 4.57 Å². The molecular formula is C46H37NS. The summed E-state index contributed by atoms with van der Waals surface area (Å²) < 4.78 is 5.25. The highest BCUT2D eigenvalue weighted by atomic mass is 32.1. The van der Waals surface area contributed by atoms with E-state index >= 15 is 0 Å². The minimum atomic E-state index is 0.655. The number of benzene rings is 6. The van der Waals surface area contributed by atoms with Crippen molar-refractivity contribution in [2.24, 2.45) is 0 Å². The van der Waals surface area contributed by atoms with Gasteiger partial charge in [0.25, 0.3) is 0 Å². The Labute approximate surface area is 285 Å². The van der Waals surface area contributed by atoms with Crippen LogP contribution in [0.2, 0.25) is 0 Å². The van der Waals surface area contributed by atoms with E-state index in [4.69, 9.17) is 0 Å². The smallest absolute Gasteiger partial charge is 0.0548 e. The molecule has 10 rings (SSSR count). The molecule has 0 bridgehead atoms. The molecule has 0 aliphatic heterocycles. The molecule has 2 heteroatoms. The van der Waals surface area contributed by atoms with Crippen LogP contribution >= 0.6 is 11.3 Å². The van der Waals surface area contributed by atoms with Gasteiger partial charge in [-0.2, -0.15) is 0 Å². The van der Waals surface area contributed by atoms with Crippen LogP contribution < -0.4 is 0 Å². The molecule has 0 unspecified atom stereocenters. The van der Waals surface area contributed by atoms with Gasteiger partial charge in [0.15, 0.2) is 0 Å². The first-order valence-electron chi connectivity index (χ1n) is 17.6. The van der Waals surface area contributed by atoms with Gasteiger partial charge in [-0.05, 0) is 120 Å². The van der Waals surface area contributed by atoms with E-state index in [0.717, 1.165) is 0 Å². The third-order valence-corrected chi connectivity index (χ3v) is 12.3. The Morgan fingerprint density at radius 3 is 2.08 bits per heavy atom. The van der Waals surface area contributed by atoms with Gasteiger partial charge in [0.2, 0.25) is 0 Å². The van der Waals surface area contributed by atoms with E-state index in [0.29, 0.717) is 5.92 Å². The maximum Gasteiger partial charge on any atom is 0.0548 e. The van der Waals surface area contributed by atoms with Crippen molar-refractivity contribution in [3.63, 3.8) is 0 Å². The van der Waals surface area contributed by atoms with Crippen LogP contribution in [0.4, 0.5) is 0 Å². The summed E-state index contributed by atoms with van der Waals surface area (Å²) in [5.41, 5.74) is 15.1. The number of aryl methyl sites for hydroxylation is 1. The Morgan fingerprint density at radius 2 is 1.31 bits per heavy atom. The molecule has 2 fully saturated rings. The molecule has 1 nitrogen and oxygen atoms in total. The van der Waals surface area contributed by atoms with Crippen LogP contribution in [0.5, 0.6) is 0 Å². The molecule has 2 aromatic heterocycles. The lowest BCUT2D eigenvalue weighted by atomic mass is 9.76. The third kappa shape index (κ3) is 4.22. The molecule has 48 heavy (non-hydrogen) atoms. The van der Waals surface area contributed by atoms with Gasteiger partial charge in [0.1, 0.15) is 0 Å². The van der Waals surface area contributed by atoms with Crippen LogP contribution in [-0.4, -0.2) is 4.57 Å². The SMILES string of the molecule is Cc1ccc2c(c1-c1ccccc1C1CCC1)c1c3c(ccc1n2-c1ccc(C(=C2CCC2)c2ccccc2)cc1)sc1ccccc13. The van der Waals surface area contributed by atoms with Crippen molar-refractivity contribution in [3.8, 4) is 16.8 Å². The lowest BCUT2D eigenvalue weighted by molar-refractivity contribution is 0.420. The van der Waals surface area contributed by atoms with E-state index in [9.17, 15) is 0 Å². The average Bonchev–Trinajstić information content (AvgIpc) is 3.62. The van der Waals surface area contributed by atoms with Gasteiger partial charge in [-0.1, -0.05) is 103 Å². The molecule has 8 aromatic rings. The van der Waals surface area contributed by atoms with E-state index in [-0.39, 0.29) is 0 Å². The number of allylic oxidation sites excluding steroid dienone is 1. The number of hydrogen-bond acceptors (Lipinski definition) is 1. The molecule has 0 saturated heterocycles. The minimum absolute atomic E-state index is 0.655. The van der Waals surface area contributed by atoms with Gasteiger partial charge < -0.3 is 4.57 Å². The van der Waals surface area contributed by atoms with Crippen molar-refractivity contribution in [3.05, 3.63) is 155 Å². The molecule has 2 aliphatic carbocycles. The van der Waals surface area contributed by atoms with Crippen molar-refractivity contribution in [1.29, 1.82) is 0 Å². The predicted molar refractivity (Wildman–Crippen MR) is 207 cm³/mol. The van der Waals surface area contributed by atoms with Crippen LogP contribution in [0.25, 0.3) is 64.4 Å². The number of rotatable bonds is 5. The van der Waals surface area contributed by atoms with E-state index in [1.807, 2.05) is 11.3 Å². The highest BCUT2D eigenvalue weighted by Gasteiger charge is 2.27. The van der Waals surface area contributed by atoms with E-state index < -0.39 is 0 Å². The molecule has 232 valence electrons. The maximum absolute atomic E-state index is 2.54. The summed E-state index contributed by atoms with van der Waals surface area (Å²) in [4.78, 5) is 0. The fraction of sp³-hybridized carbons (Fsp3) is 0.174. The topological polar surface area (TPSA) is 4.93 Å². The van der Waals surface area contributed by atoms with E-state index in [1.165, 1.54) is 125 Å². The first-order valence-corrected chi connectivity index (χ1v) is 18.4. The average molecular weight is 636 g/mol. The first-order chi connectivity index (χ1) is 23.7. The highest BCUT2D eigenvalue weighted by molar-refractivity contribution is 7.26. The van der Waals surface area contributed by atoms with Gasteiger partial charge in [-0.15, -0.1) is 11.3 Å². The van der Waals surface area contributed by atoms with Crippen LogP contribution in [-0.2, 0) is 0 Å². The van der Waals surface area contributed by atoms with Crippen LogP contribution in [0, 0.1) is 6.92 Å². The van der Waals surface area contributed by atoms with Crippen LogP contribution in [0.15, 0.2) is 133 Å². The predicted octanol–water partition coefficient (Wildman–Crippen LogP) is 13.4. The Hall–Kier alpha value is -4.92. The van der Waals surface area contributed by atoms with Crippen molar-refractivity contribution in [2.75, 3.05) is 0 Å². The summed E-state index contributed by atoms with van der Waals surface area (Å²) in [7, 11) is 0. The van der Waals surface area contributed by atoms with Crippen molar-refractivity contribution < 1.29 is 0 Å². The van der Waals surface area contributed by atoms with Gasteiger partial charge in [-0.25, -0.2) is 0 Å². The standard InChI is InChI=1S/C46H37NS/c1-29-21-26-38-45(42(29)36-18-6-5-17-35(36)30-13-9-14-30)46-39(27-28-41-44(46)37-19-7-8-20-40(37)48-41)47(38)34-24-22-33(23-25-34)43(32-15-10-16-32)31-11-3-2-4-12-31/h2-8,11-12,17-28,30H,9-10,13-16H2,1H3. The lowest BCUT2D eigenvalue weighted by Crippen LogP contribution is -2.10. The van der Waals surface area contributed by atoms with Gasteiger partial charge >= 0.3 is 0 Å². The molecular weight excluding hydrogens is 599 g/mol. The Balaban J connectivity index is 1.27. The van der Waals surface area contributed by atoms with Gasteiger partial charge in [0, 0.05) is 36.6 Å².